The summed E-state index contributed by atoms with van der Waals surface area (Å²) in [6.45, 7) is 2.42. The Morgan fingerprint density at radius 1 is 1.37 bits per heavy atom. The Morgan fingerprint density at radius 3 is 2.63 bits per heavy atom. The van der Waals surface area contributed by atoms with E-state index in [-0.39, 0.29) is 5.78 Å². The van der Waals surface area contributed by atoms with Crippen LogP contribution in [0.1, 0.15) is 23.2 Å². The van der Waals surface area contributed by atoms with E-state index in [9.17, 15) is 4.79 Å². The number of pyridine rings is 1. The molecule has 0 atom stereocenters. The first kappa shape index (κ1) is 13.8. The fourth-order valence-electron chi connectivity index (χ4n) is 2.29. The SMILES string of the molecule is COc1nc(N2CCCC2)ccc1C(=O)CN(C)C. The molecule has 1 aliphatic rings. The third-order valence-electron chi connectivity index (χ3n) is 3.23. The molecule has 104 valence electrons. The van der Waals surface area contributed by atoms with E-state index >= 15 is 0 Å². The molecule has 1 aliphatic heterocycles. The highest BCUT2D eigenvalue weighted by Gasteiger charge is 2.19. The summed E-state index contributed by atoms with van der Waals surface area (Å²) in [5, 5.41) is 0. The maximum Gasteiger partial charge on any atom is 0.226 e. The fourth-order valence-corrected chi connectivity index (χ4v) is 2.29. The van der Waals surface area contributed by atoms with Crippen LogP contribution in [0.4, 0.5) is 5.82 Å². The van der Waals surface area contributed by atoms with E-state index < -0.39 is 0 Å². The van der Waals surface area contributed by atoms with Crippen molar-refractivity contribution in [2.24, 2.45) is 0 Å². The van der Waals surface area contributed by atoms with Crippen molar-refractivity contribution in [2.45, 2.75) is 12.8 Å². The number of likely N-dealkylation sites (N-methyl/N-ethyl adjacent to an activating group) is 1. The number of carbonyl (C=O) groups excluding carboxylic acids is 1. The van der Waals surface area contributed by atoms with Crippen molar-refractivity contribution < 1.29 is 9.53 Å². The summed E-state index contributed by atoms with van der Waals surface area (Å²) in [6, 6.07) is 3.74. The molecule has 1 aromatic rings. The molecule has 5 nitrogen and oxygen atoms in total. The van der Waals surface area contributed by atoms with Gasteiger partial charge >= 0.3 is 0 Å². The molecule has 0 spiro atoms. The van der Waals surface area contributed by atoms with E-state index in [1.54, 1.807) is 7.11 Å². The molecule has 2 heterocycles. The van der Waals surface area contributed by atoms with Gasteiger partial charge in [-0.2, -0.15) is 4.98 Å². The molecular weight excluding hydrogens is 242 g/mol. The molecule has 0 saturated carbocycles. The zero-order chi connectivity index (χ0) is 13.8. The normalized spacial score (nSPS) is 15.1. The fraction of sp³-hybridized carbons (Fsp3) is 0.571. The summed E-state index contributed by atoms with van der Waals surface area (Å²) in [4.78, 5) is 20.6. The van der Waals surface area contributed by atoms with Crippen LogP contribution in [0, 0.1) is 0 Å². The van der Waals surface area contributed by atoms with Gasteiger partial charge in [-0.25, -0.2) is 0 Å². The number of Topliss-reactive ketones (excluding diaryl/α,β-unsaturated/α-hetero) is 1. The summed E-state index contributed by atoms with van der Waals surface area (Å²) in [5.41, 5.74) is 0.555. The Bertz CT molecular complexity index is 454. The van der Waals surface area contributed by atoms with Gasteiger partial charge in [-0.1, -0.05) is 0 Å². The standard InChI is InChI=1S/C14H21N3O2/c1-16(2)10-12(18)11-6-7-13(15-14(11)19-3)17-8-4-5-9-17/h6-7H,4-5,8-10H2,1-3H3. The summed E-state index contributed by atoms with van der Waals surface area (Å²) >= 11 is 0. The minimum Gasteiger partial charge on any atom is -0.480 e. The van der Waals surface area contributed by atoms with Gasteiger partial charge in [0.15, 0.2) is 5.78 Å². The van der Waals surface area contributed by atoms with Crippen LogP contribution >= 0.6 is 0 Å². The molecule has 1 fully saturated rings. The average Bonchev–Trinajstić information content (AvgIpc) is 2.91. The monoisotopic (exact) mass is 263 g/mol. The van der Waals surface area contributed by atoms with Gasteiger partial charge in [0.2, 0.25) is 5.88 Å². The van der Waals surface area contributed by atoms with Crippen molar-refractivity contribution in [3.63, 3.8) is 0 Å². The number of carbonyl (C=O) groups is 1. The zero-order valence-electron chi connectivity index (χ0n) is 11.8. The van der Waals surface area contributed by atoms with E-state index in [1.165, 1.54) is 12.8 Å². The summed E-state index contributed by atoms with van der Waals surface area (Å²) < 4.78 is 5.27. The van der Waals surface area contributed by atoms with Crippen LogP contribution < -0.4 is 9.64 Å². The Balaban J connectivity index is 2.23. The summed E-state index contributed by atoms with van der Waals surface area (Å²) in [6.07, 6.45) is 2.40. The molecule has 5 heteroatoms. The van der Waals surface area contributed by atoms with E-state index in [1.807, 2.05) is 31.1 Å². The molecule has 0 radical (unpaired) electrons. The van der Waals surface area contributed by atoms with Gasteiger partial charge in [0, 0.05) is 13.1 Å². The lowest BCUT2D eigenvalue weighted by molar-refractivity contribution is 0.0954. The van der Waals surface area contributed by atoms with Crippen molar-refractivity contribution in [3.8, 4) is 5.88 Å². The van der Waals surface area contributed by atoms with Crippen molar-refractivity contribution in [3.05, 3.63) is 17.7 Å². The lowest BCUT2D eigenvalue weighted by atomic mass is 10.1. The van der Waals surface area contributed by atoms with Gasteiger partial charge in [0.25, 0.3) is 0 Å². The molecule has 0 aromatic carbocycles. The second kappa shape index (κ2) is 6.02. The van der Waals surface area contributed by atoms with Crippen molar-refractivity contribution >= 4 is 11.6 Å². The molecule has 2 rings (SSSR count). The maximum absolute atomic E-state index is 12.1. The Labute approximate surface area is 114 Å². The van der Waals surface area contributed by atoms with Gasteiger partial charge < -0.3 is 14.5 Å². The lowest BCUT2D eigenvalue weighted by Gasteiger charge is -2.18. The maximum atomic E-state index is 12.1. The Kier molecular flexibility index (Phi) is 4.37. The van der Waals surface area contributed by atoms with E-state index in [2.05, 4.69) is 9.88 Å². The smallest absolute Gasteiger partial charge is 0.226 e. The molecule has 0 aliphatic carbocycles. The summed E-state index contributed by atoms with van der Waals surface area (Å²) in [7, 11) is 5.30. The van der Waals surface area contributed by atoms with E-state index in [0.29, 0.717) is 18.0 Å². The topological polar surface area (TPSA) is 45.7 Å². The largest absolute Gasteiger partial charge is 0.480 e. The number of hydrogen-bond donors (Lipinski definition) is 0. The van der Waals surface area contributed by atoms with Crippen molar-refractivity contribution in [1.29, 1.82) is 0 Å². The van der Waals surface area contributed by atoms with Crippen LogP contribution in [-0.2, 0) is 0 Å². The van der Waals surface area contributed by atoms with Crippen LogP contribution in [0.5, 0.6) is 5.88 Å². The van der Waals surface area contributed by atoms with Crippen LogP contribution in [0.2, 0.25) is 0 Å². The van der Waals surface area contributed by atoms with E-state index in [4.69, 9.17) is 4.74 Å². The molecule has 0 amide bonds. The minimum atomic E-state index is 0.0299. The van der Waals surface area contributed by atoms with Gasteiger partial charge in [0.05, 0.1) is 19.2 Å². The summed E-state index contributed by atoms with van der Waals surface area (Å²) in [5.74, 6) is 1.36. The second-order valence-corrected chi connectivity index (χ2v) is 5.08. The molecule has 1 aromatic heterocycles. The number of anilines is 1. The van der Waals surface area contributed by atoms with Crippen LogP contribution in [0.25, 0.3) is 0 Å². The molecule has 19 heavy (non-hydrogen) atoms. The number of rotatable bonds is 5. The van der Waals surface area contributed by atoms with Crippen LogP contribution in [-0.4, -0.2) is 56.5 Å². The first-order valence-corrected chi connectivity index (χ1v) is 6.59. The number of nitrogens with zero attached hydrogens (tertiary/aromatic N) is 3. The highest BCUT2D eigenvalue weighted by molar-refractivity contribution is 5.99. The molecule has 0 N–H and O–H groups in total. The number of hydrogen-bond acceptors (Lipinski definition) is 5. The zero-order valence-corrected chi connectivity index (χ0v) is 11.8. The van der Waals surface area contributed by atoms with Crippen molar-refractivity contribution in [2.75, 3.05) is 45.7 Å². The van der Waals surface area contributed by atoms with Gasteiger partial charge in [-0.3, -0.25) is 4.79 Å². The lowest BCUT2D eigenvalue weighted by Crippen LogP contribution is -2.23. The first-order chi connectivity index (χ1) is 9.11. The number of methoxy groups -OCH3 is 1. The molecule has 0 bridgehead atoms. The van der Waals surface area contributed by atoms with Crippen LogP contribution in [0.15, 0.2) is 12.1 Å². The molecule has 1 saturated heterocycles. The number of ketones is 1. The highest BCUT2D eigenvalue weighted by Crippen LogP contribution is 2.24. The van der Waals surface area contributed by atoms with Gasteiger partial charge in [0.1, 0.15) is 5.82 Å². The average molecular weight is 263 g/mol. The Hall–Kier alpha value is -1.62. The second-order valence-electron chi connectivity index (χ2n) is 5.08. The quantitative estimate of drug-likeness (QED) is 0.752. The van der Waals surface area contributed by atoms with E-state index in [0.717, 1.165) is 18.9 Å². The first-order valence-electron chi connectivity index (χ1n) is 6.59. The third-order valence-corrected chi connectivity index (χ3v) is 3.23. The van der Waals surface area contributed by atoms with Gasteiger partial charge in [-0.05, 0) is 39.1 Å². The molecule has 0 unspecified atom stereocenters. The predicted octanol–water partition coefficient (Wildman–Crippen LogP) is 1.43. The Morgan fingerprint density at radius 2 is 2.05 bits per heavy atom. The molecular formula is C14H21N3O2. The predicted molar refractivity (Wildman–Crippen MR) is 75.1 cm³/mol. The van der Waals surface area contributed by atoms with Gasteiger partial charge in [-0.15, -0.1) is 0 Å². The number of aromatic nitrogens is 1. The van der Waals surface area contributed by atoms with Crippen LogP contribution in [0.3, 0.4) is 0 Å². The highest BCUT2D eigenvalue weighted by atomic mass is 16.5. The third kappa shape index (κ3) is 3.23. The van der Waals surface area contributed by atoms with Crippen molar-refractivity contribution in [1.82, 2.24) is 9.88 Å². The minimum absolute atomic E-state index is 0.0299. The number of ether oxygens (including phenoxy) is 1.